The van der Waals surface area contributed by atoms with Crippen molar-refractivity contribution < 1.29 is 4.79 Å². The van der Waals surface area contributed by atoms with Gasteiger partial charge in [-0.2, -0.15) is 0 Å². The highest BCUT2D eigenvalue weighted by molar-refractivity contribution is 9.11. The first kappa shape index (κ1) is 13.6. The fraction of sp³-hybridized carbons (Fsp3) is 0.643. The summed E-state index contributed by atoms with van der Waals surface area (Å²) >= 11 is 5.02. The van der Waals surface area contributed by atoms with Crippen molar-refractivity contribution in [3.8, 4) is 0 Å². The number of carbonyl (C=O) groups is 1. The standard InChI is InChI=1S/C14H19BrN2OS/c15-13-6-11(9-19-13)14(18)17(7-10-3-4-10)8-12-2-1-5-16-12/h6,9-10,12,16H,1-5,7-8H2. The van der Waals surface area contributed by atoms with Crippen molar-refractivity contribution in [1.29, 1.82) is 0 Å². The third kappa shape index (κ3) is 3.58. The number of hydrogen-bond acceptors (Lipinski definition) is 3. The molecule has 1 aliphatic carbocycles. The van der Waals surface area contributed by atoms with Gasteiger partial charge in [-0.15, -0.1) is 11.3 Å². The molecule has 1 N–H and O–H groups in total. The van der Waals surface area contributed by atoms with E-state index in [4.69, 9.17) is 0 Å². The fourth-order valence-corrected chi connectivity index (χ4v) is 3.77. The molecular formula is C14H19BrN2OS. The maximum atomic E-state index is 12.6. The maximum Gasteiger partial charge on any atom is 0.254 e. The number of hydrogen-bond donors (Lipinski definition) is 1. The molecule has 1 aromatic rings. The van der Waals surface area contributed by atoms with Crippen LogP contribution in [0.5, 0.6) is 0 Å². The molecule has 3 nitrogen and oxygen atoms in total. The molecule has 2 fully saturated rings. The molecular weight excluding hydrogens is 324 g/mol. The highest BCUT2D eigenvalue weighted by Gasteiger charge is 2.29. The van der Waals surface area contributed by atoms with E-state index in [-0.39, 0.29) is 5.91 Å². The summed E-state index contributed by atoms with van der Waals surface area (Å²) in [5.41, 5.74) is 0.829. The van der Waals surface area contributed by atoms with Crippen LogP contribution in [0.15, 0.2) is 15.2 Å². The lowest BCUT2D eigenvalue weighted by Gasteiger charge is -2.25. The number of halogens is 1. The Labute approximate surface area is 126 Å². The van der Waals surface area contributed by atoms with Crippen molar-refractivity contribution in [2.45, 2.75) is 31.7 Å². The average Bonchev–Trinajstić information content (AvgIpc) is 2.89. The van der Waals surface area contributed by atoms with Crippen LogP contribution in [0, 0.1) is 5.92 Å². The molecule has 1 amide bonds. The molecule has 104 valence electrons. The molecule has 1 aliphatic heterocycles. The molecule has 1 atom stereocenters. The molecule has 3 rings (SSSR count). The van der Waals surface area contributed by atoms with Crippen LogP contribution in [0.25, 0.3) is 0 Å². The molecule has 0 bridgehead atoms. The molecule has 1 saturated carbocycles. The van der Waals surface area contributed by atoms with E-state index in [0.29, 0.717) is 6.04 Å². The molecule has 5 heteroatoms. The Morgan fingerprint density at radius 3 is 2.84 bits per heavy atom. The number of carbonyl (C=O) groups excluding carboxylic acids is 1. The number of nitrogens with zero attached hydrogens (tertiary/aromatic N) is 1. The molecule has 1 aromatic heterocycles. The highest BCUT2D eigenvalue weighted by atomic mass is 79.9. The van der Waals surface area contributed by atoms with Crippen LogP contribution in [0.4, 0.5) is 0 Å². The molecule has 1 saturated heterocycles. The van der Waals surface area contributed by atoms with Gasteiger partial charge in [0.1, 0.15) is 0 Å². The Balaban J connectivity index is 1.67. The second kappa shape index (κ2) is 5.94. The van der Waals surface area contributed by atoms with Gasteiger partial charge in [-0.05, 0) is 60.1 Å². The van der Waals surface area contributed by atoms with E-state index in [1.54, 1.807) is 11.3 Å². The summed E-state index contributed by atoms with van der Waals surface area (Å²) in [4.78, 5) is 14.7. The van der Waals surface area contributed by atoms with Crippen molar-refractivity contribution in [2.24, 2.45) is 5.92 Å². The van der Waals surface area contributed by atoms with Crippen LogP contribution in [-0.4, -0.2) is 36.5 Å². The van der Waals surface area contributed by atoms with E-state index in [9.17, 15) is 4.79 Å². The molecule has 19 heavy (non-hydrogen) atoms. The molecule has 0 radical (unpaired) electrons. The average molecular weight is 343 g/mol. The summed E-state index contributed by atoms with van der Waals surface area (Å²) in [6.45, 7) is 2.90. The lowest BCUT2D eigenvalue weighted by atomic mass is 10.2. The quantitative estimate of drug-likeness (QED) is 0.891. The Morgan fingerprint density at radius 1 is 1.42 bits per heavy atom. The van der Waals surface area contributed by atoms with E-state index in [2.05, 4.69) is 26.1 Å². The van der Waals surface area contributed by atoms with E-state index < -0.39 is 0 Å². The Hall–Kier alpha value is -0.390. The molecule has 2 aliphatic rings. The van der Waals surface area contributed by atoms with Gasteiger partial charge in [0.25, 0.3) is 5.91 Å². The van der Waals surface area contributed by atoms with Crippen LogP contribution in [0.3, 0.4) is 0 Å². The predicted molar refractivity (Wildman–Crippen MR) is 81.7 cm³/mol. The molecule has 0 aromatic carbocycles. The molecule has 2 heterocycles. The summed E-state index contributed by atoms with van der Waals surface area (Å²) in [7, 11) is 0. The lowest BCUT2D eigenvalue weighted by molar-refractivity contribution is 0.0734. The molecule has 1 unspecified atom stereocenters. The first-order valence-corrected chi connectivity index (χ1v) is 8.66. The fourth-order valence-electron chi connectivity index (χ4n) is 2.64. The van der Waals surface area contributed by atoms with Crippen molar-refractivity contribution in [3.05, 3.63) is 20.8 Å². The van der Waals surface area contributed by atoms with Crippen LogP contribution in [-0.2, 0) is 0 Å². The SMILES string of the molecule is O=C(c1csc(Br)c1)N(CC1CC1)CC1CCCN1. The maximum absolute atomic E-state index is 12.6. The Bertz CT molecular complexity index is 452. The summed E-state index contributed by atoms with van der Waals surface area (Å²) < 4.78 is 1.03. The zero-order valence-electron chi connectivity index (χ0n) is 10.9. The largest absolute Gasteiger partial charge is 0.337 e. The van der Waals surface area contributed by atoms with Crippen LogP contribution in [0.2, 0.25) is 0 Å². The number of rotatable bonds is 5. The van der Waals surface area contributed by atoms with Crippen molar-refractivity contribution in [1.82, 2.24) is 10.2 Å². The van der Waals surface area contributed by atoms with Gasteiger partial charge >= 0.3 is 0 Å². The van der Waals surface area contributed by atoms with Gasteiger partial charge in [-0.25, -0.2) is 0 Å². The van der Waals surface area contributed by atoms with Gasteiger partial charge in [0.15, 0.2) is 0 Å². The zero-order valence-corrected chi connectivity index (χ0v) is 13.3. The van der Waals surface area contributed by atoms with Crippen molar-refractivity contribution in [2.75, 3.05) is 19.6 Å². The van der Waals surface area contributed by atoms with Crippen LogP contribution in [0.1, 0.15) is 36.0 Å². The van der Waals surface area contributed by atoms with Crippen molar-refractivity contribution >= 4 is 33.2 Å². The summed E-state index contributed by atoms with van der Waals surface area (Å²) in [5, 5.41) is 5.44. The predicted octanol–water partition coefficient (Wildman–Crippen LogP) is 3.11. The smallest absolute Gasteiger partial charge is 0.254 e. The van der Waals surface area contributed by atoms with Gasteiger partial charge in [0.2, 0.25) is 0 Å². The zero-order chi connectivity index (χ0) is 13.2. The highest BCUT2D eigenvalue weighted by Crippen LogP contribution is 2.31. The van der Waals surface area contributed by atoms with Gasteiger partial charge in [0.05, 0.1) is 9.35 Å². The monoisotopic (exact) mass is 342 g/mol. The first-order valence-electron chi connectivity index (χ1n) is 6.99. The Kier molecular flexibility index (Phi) is 4.24. The summed E-state index contributed by atoms with van der Waals surface area (Å²) in [6, 6.07) is 2.43. The van der Waals surface area contributed by atoms with E-state index in [0.717, 1.165) is 34.9 Å². The van der Waals surface area contributed by atoms with Crippen LogP contribution < -0.4 is 5.32 Å². The number of nitrogens with one attached hydrogen (secondary N) is 1. The first-order chi connectivity index (χ1) is 9.22. The van der Waals surface area contributed by atoms with Gasteiger partial charge in [0, 0.05) is 24.5 Å². The topological polar surface area (TPSA) is 32.3 Å². The molecule has 0 spiro atoms. The summed E-state index contributed by atoms with van der Waals surface area (Å²) in [5.74, 6) is 0.940. The van der Waals surface area contributed by atoms with Gasteiger partial charge < -0.3 is 10.2 Å². The minimum atomic E-state index is 0.197. The van der Waals surface area contributed by atoms with Gasteiger partial charge in [-0.1, -0.05) is 0 Å². The Morgan fingerprint density at radius 2 is 2.26 bits per heavy atom. The minimum absolute atomic E-state index is 0.197. The normalized spacial score (nSPS) is 22.7. The van der Waals surface area contributed by atoms with Crippen molar-refractivity contribution in [3.63, 3.8) is 0 Å². The minimum Gasteiger partial charge on any atom is -0.337 e. The van der Waals surface area contributed by atoms with Gasteiger partial charge in [-0.3, -0.25) is 4.79 Å². The number of amides is 1. The van der Waals surface area contributed by atoms with Crippen LogP contribution >= 0.6 is 27.3 Å². The third-order valence-corrected chi connectivity index (χ3v) is 5.38. The lowest BCUT2D eigenvalue weighted by Crippen LogP contribution is -2.42. The summed E-state index contributed by atoms with van der Waals surface area (Å²) in [6.07, 6.45) is 5.01. The second-order valence-corrected chi connectivity index (χ2v) is 7.88. The van der Waals surface area contributed by atoms with E-state index >= 15 is 0 Å². The van der Waals surface area contributed by atoms with E-state index in [1.807, 2.05) is 11.4 Å². The number of thiophene rings is 1. The third-order valence-electron chi connectivity index (χ3n) is 3.88. The van der Waals surface area contributed by atoms with E-state index in [1.165, 1.54) is 25.7 Å². The second-order valence-electron chi connectivity index (χ2n) is 5.59.